The number of nitrogens with zero attached hydrogens (tertiary/aromatic N) is 1. The van der Waals surface area contributed by atoms with Crippen molar-refractivity contribution in [1.29, 1.82) is 0 Å². The van der Waals surface area contributed by atoms with E-state index in [1.165, 1.54) is 5.56 Å². The predicted molar refractivity (Wildman–Crippen MR) is 137 cm³/mol. The Kier molecular flexibility index (Phi) is 7.55. The maximum absolute atomic E-state index is 13.9. The van der Waals surface area contributed by atoms with Gasteiger partial charge >= 0.3 is 0 Å². The lowest BCUT2D eigenvalue weighted by molar-refractivity contribution is -0.131. The largest absolute Gasteiger partial charge is 0.347 e. The van der Waals surface area contributed by atoms with Crippen molar-refractivity contribution in [2.24, 2.45) is 5.92 Å². The first-order chi connectivity index (χ1) is 16.8. The number of rotatable bonds is 7. The highest BCUT2D eigenvalue weighted by molar-refractivity contribution is 6.07. The molecule has 0 saturated carbocycles. The number of anilines is 1. The highest BCUT2D eigenvalue weighted by Crippen LogP contribution is 2.35. The molecule has 3 amide bonds. The Morgan fingerprint density at radius 2 is 1.66 bits per heavy atom. The van der Waals surface area contributed by atoms with Crippen LogP contribution in [-0.2, 0) is 27.2 Å². The summed E-state index contributed by atoms with van der Waals surface area (Å²) in [5, 5.41) is 9.06. The molecule has 186 valence electrons. The Morgan fingerprint density at radius 1 is 0.971 bits per heavy atom. The Labute approximate surface area is 207 Å². The number of likely N-dealkylation sites (N-methyl/N-ethyl adjacent to an activating group) is 1. The molecular formula is C28H36N4O3. The van der Waals surface area contributed by atoms with E-state index in [1.807, 2.05) is 50.2 Å². The number of hydrogen-bond acceptors (Lipinski definition) is 4. The van der Waals surface area contributed by atoms with Gasteiger partial charge in [-0.3, -0.25) is 19.3 Å². The van der Waals surface area contributed by atoms with Crippen LogP contribution in [0.3, 0.4) is 0 Å². The van der Waals surface area contributed by atoms with Gasteiger partial charge in [0.05, 0.1) is 12.1 Å². The maximum atomic E-state index is 13.9. The van der Waals surface area contributed by atoms with Gasteiger partial charge in [0.25, 0.3) is 5.91 Å². The molecule has 7 heteroatoms. The highest BCUT2D eigenvalue weighted by Gasteiger charge is 2.42. The standard InChI is InChI=1S/C28H36N4O3/c1-17(2)25(31-26(33)18(3)29-4)28(35)32-23-15-8-6-11-20(23)16-24(32)27(34)30-22-14-9-12-19-10-5-7-13-21(19)22/h5-8,10-11,13,15,17-18,22,24-25,29H,9,12,14,16H2,1-4H3,(H,30,34)(H,31,33). The first-order valence-electron chi connectivity index (χ1n) is 12.6. The number of carbonyl (C=O) groups excluding carboxylic acids is 3. The van der Waals surface area contributed by atoms with Gasteiger partial charge in [0.15, 0.2) is 0 Å². The van der Waals surface area contributed by atoms with Crippen LogP contribution in [0.5, 0.6) is 0 Å². The summed E-state index contributed by atoms with van der Waals surface area (Å²) in [5.41, 5.74) is 4.13. The number of aryl methyl sites for hydroxylation is 1. The average Bonchev–Trinajstić information content (AvgIpc) is 3.26. The second-order valence-electron chi connectivity index (χ2n) is 9.95. The summed E-state index contributed by atoms with van der Waals surface area (Å²) in [4.78, 5) is 41.8. The maximum Gasteiger partial charge on any atom is 0.250 e. The molecular weight excluding hydrogens is 440 g/mol. The summed E-state index contributed by atoms with van der Waals surface area (Å²) >= 11 is 0. The minimum atomic E-state index is -0.741. The number of benzene rings is 2. The van der Waals surface area contributed by atoms with Crippen LogP contribution in [0, 0.1) is 5.92 Å². The number of nitrogens with one attached hydrogen (secondary N) is 3. The van der Waals surface area contributed by atoms with Gasteiger partial charge in [0.2, 0.25) is 11.8 Å². The average molecular weight is 477 g/mol. The van der Waals surface area contributed by atoms with Crippen LogP contribution in [0.25, 0.3) is 0 Å². The van der Waals surface area contributed by atoms with Crippen LogP contribution >= 0.6 is 0 Å². The first kappa shape index (κ1) is 24.9. The van der Waals surface area contributed by atoms with Crippen LogP contribution in [0.2, 0.25) is 0 Å². The fraction of sp³-hybridized carbons (Fsp3) is 0.464. The number of para-hydroxylation sites is 1. The van der Waals surface area contributed by atoms with E-state index in [-0.39, 0.29) is 29.7 Å². The zero-order chi connectivity index (χ0) is 25.1. The van der Waals surface area contributed by atoms with Crippen molar-refractivity contribution in [2.75, 3.05) is 11.9 Å². The second kappa shape index (κ2) is 10.6. The molecule has 35 heavy (non-hydrogen) atoms. The first-order valence-corrected chi connectivity index (χ1v) is 12.6. The lowest BCUT2D eigenvalue weighted by Crippen LogP contribution is -2.58. The molecule has 0 saturated heterocycles. The lowest BCUT2D eigenvalue weighted by Gasteiger charge is -2.33. The molecule has 0 fully saturated rings. The molecule has 2 aromatic carbocycles. The van der Waals surface area contributed by atoms with E-state index < -0.39 is 18.1 Å². The third kappa shape index (κ3) is 5.10. The van der Waals surface area contributed by atoms with Crippen molar-refractivity contribution >= 4 is 23.4 Å². The van der Waals surface area contributed by atoms with Crippen LogP contribution in [0.15, 0.2) is 48.5 Å². The van der Waals surface area contributed by atoms with Crippen molar-refractivity contribution < 1.29 is 14.4 Å². The van der Waals surface area contributed by atoms with Crippen LogP contribution in [-0.4, -0.2) is 42.9 Å². The van der Waals surface area contributed by atoms with Crippen LogP contribution in [0.1, 0.15) is 56.3 Å². The quantitative estimate of drug-likeness (QED) is 0.573. The molecule has 0 spiro atoms. The van der Waals surface area contributed by atoms with Crippen molar-refractivity contribution in [1.82, 2.24) is 16.0 Å². The Hall–Kier alpha value is -3.19. The Bertz CT molecular complexity index is 1100. The van der Waals surface area contributed by atoms with Crippen molar-refractivity contribution in [3.8, 4) is 0 Å². The molecule has 3 N–H and O–H groups in total. The molecule has 4 rings (SSSR count). The number of fused-ring (bicyclic) bond motifs is 2. The lowest BCUT2D eigenvalue weighted by atomic mass is 9.87. The zero-order valence-corrected chi connectivity index (χ0v) is 21.0. The summed E-state index contributed by atoms with van der Waals surface area (Å²) < 4.78 is 0. The van der Waals surface area contributed by atoms with Gasteiger partial charge in [-0.1, -0.05) is 56.3 Å². The van der Waals surface area contributed by atoms with Crippen molar-refractivity contribution in [2.45, 2.75) is 70.6 Å². The summed E-state index contributed by atoms with van der Waals surface area (Å²) in [6, 6.07) is 14.0. The molecule has 0 radical (unpaired) electrons. The number of amides is 3. The van der Waals surface area contributed by atoms with E-state index in [9.17, 15) is 14.4 Å². The van der Waals surface area contributed by atoms with Gasteiger partial charge in [-0.25, -0.2) is 0 Å². The fourth-order valence-corrected chi connectivity index (χ4v) is 5.11. The van der Waals surface area contributed by atoms with E-state index >= 15 is 0 Å². The molecule has 2 aromatic rings. The van der Waals surface area contributed by atoms with E-state index in [0.717, 1.165) is 36.1 Å². The molecule has 7 nitrogen and oxygen atoms in total. The fourth-order valence-electron chi connectivity index (χ4n) is 5.11. The highest BCUT2D eigenvalue weighted by atomic mass is 16.2. The topological polar surface area (TPSA) is 90.5 Å². The summed E-state index contributed by atoms with van der Waals surface area (Å²) in [6.07, 6.45) is 3.36. The van der Waals surface area contributed by atoms with Gasteiger partial charge in [-0.05, 0) is 61.9 Å². The van der Waals surface area contributed by atoms with Gasteiger partial charge in [-0.2, -0.15) is 0 Å². The molecule has 1 aliphatic carbocycles. The van der Waals surface area contributed by atoms with E-state index in [1.54, 1.807) is 18.9 Å². The minimum absolute atomic E-state index is 0.0646. The van der Waals surface area contributed by atoms with E-state index in [0.29, 0.717) is 6.42 Å². The summed E-state index contributed by atoms with van der Waals surface area (Å²) in [7, 11) is 1.71. The molecule has 2 aliphatic rings. The molecule has 4 atom stereocenters. The normalized spacial score (nSPS) is 20.5. The van der Waals surface area contributed by atoms with Gasteiger partial charge < -0.3 is 16.0 Å². The third-order valence-electron chi connectivity index (χ3n) is 7.26. The second-order valence-corrected chi connectivity index (χ2v) is 9.95. The predicted octanol–water partition coefficient (Wildman–Crippen LogP) is 2.89. The summed E-state index contributed by atoms with van der Waals surface area (Å²) in [5.74, 6) is -0.802. The SMILES string of the molecule is CNC(C)C(=O)NC(C(=O)N1c2ccccc2CC1C(=O)NC1CCCc2ccccc21)C(C)C. The van der Waals surface area contributed by atoms with Crippen molar-refractivity contribution in [3.05, 3.63) is 65.2 Å². The zero-order valence-electron chi connectivity index (χ0n) is 21.0. The Balaban J connectivity index is 1.60. The van der Waals surface area contributed by atoms with Crippen molar-refractivity contribution in [3.63, 3.8) is 0 Å². The molecule has 4 unspecified atom stereocenters. The van der Waals surface area contributed by atoms with Gasteiger partial charge in [0, 0.05) is 12.1 Å². The van der Waals surface area contributed by atoms with E-state index in [2.05, 4.69) is 28.1 Å². The van der Waals surface area contributed by atoms with Gasteiger partial charge in [0.1, 0.15) is 12.1 Å². The monoisotopic (exact) mass is 476 g/mol. The molecule has 1 aliphatic heterocycles. The molecule has 1 heterocycles. The number of hydrogen-bond donors (Lipinski definition) is 3. The smallest absolute Gasteiger partial charge is 0.250 e. The molecule has 0 aromatic heterocycles. The minimum Gasteiger partial charge on any atom is -0.347 e. The molecule has 0 bridgehead atoms. The van der Waals surface area contributed by atoms with Crippen LogP contribution < -0.4 is 20.9 Å². The Morgan fingerprint density at radius 3 is 2.37 bits per heavy atom. The van der Waals surface area contributed by atoms with E-state index in [4.69, 9.17) is 0 Å². The number of carbonyl (C=O) groups is 3. The van der Waals surface area contributed by atoms with Gasteiger partial charge in [-0.15, -0.1) is 0 Å². The van der Waals surface area contributed by atoms with Crippen LogP contribution in [0.4, 0.5) is 5.69 Å². The third-order valence-corrected chi connectivity index (χ3v) is 7.26. The summed E-state index contributed by atoms with van der Waals surface area (Å²) in [6.45, 7) is 5.56.